The van der Waals surface area contributed by atoms with E-state index in [1.54, 1.807) is 13.8 Å². The molecule has 5 N–H and O–H groups in total. The van der Waals surface area contributed by atoms with Crippen LogP contribution in [0.25, 0.3) is 11.0 Å². The molecule has 1 aromatic carbocycles. The van der Waals surface area contributed by atoms with Crippen molar-refractivity contribution in [1.82, 2.24) is 14.7 Å². The van der Waals surface area contributed by atoms with E-state index in [9.17, 15) is 13.2 Å². The van der Waals surface area contributed by atoms with E-state index in [-0.39, 0.29) is 17.1 Å². The van der Waals surface area contributed by atoms with E-state index in [1.807, 2.05) is 0 Å². The van der Waals surface area contributed by atoms with Gasteiger partial charge in [-0.3, -0.25) is 0 Å². The molecule has 0 saturated carbocycles. The minimum absolute atomic E-state index is 0.0829. The smallest absolute Gasteiger partial charge is 0.323 e. The second-order valence-corrected chi connectivity index (χ2v) is 6.87. The molecule has 0 unspecified atom stereocenters. The molecule has 0 atom stereocenters. The van der Waals surface area contributed by atoms with Gasteiger partial charge in [-0.2, -0.15) is 0 Å². The van der Waals surface area contributed by atoms with E-state index in [0.29, 0.717) is 11.0 Å². The third kappa shape index (κ3) is 3.22. The van der Waals surface area contributed by atoms with Gasteiger partial charge in [0.05, 0.1) is 15.9 Å². The van der Waals surface area contributed by atoms with Crippen LogP contribution in [0.4, 0.5) is 0 Å². The molecule has 19 heavy (non-hydrogen) atoms. The van der Waals surface area contributed by atoms with Crippen LogP contribution in [0, 0.1) is 0 Å². The monoisotopic (exact) mass is 284 g/mol. The first-order valence-corrected chi connectivity index (χ1v) is 7.16. The number of nitrogens with one attached hydrogen (secondary N) is 3. The summed E-state index contributed by atoms with van der Waals surface area (Å²) in [5.74, 6) is 0. The van der Waals surface area contributed by atoms with Gasteiger partial charge >= 0.3 is 5.69 Å². The molecule has 0 aliphatic carbocycles. The second-order valence-electron chi connectivity index (χ2n) is 5.10. The highest BCUT2D eigenvalue weighted by molar-refractivity contribution is 7.89. The highest BCUT2D eigenvalue weighted by atomic mass is 32.2. The summed E-state index contributed by atoms with van der Waals surface area (Å²) in [6, 6.07) is 4.37. The van der Waals surface area contributed by atoms with Gasteiger partial charge in [-0.1, -0.05) is 0 Å². The number of hydrogen-bond acceptors (Lipinski definition) is 4. The number of aromatic amines is 2. The Morgan fingerprint density at radius 2 is 1.89 bits per heavy atom. The Bertz CT molecular complexity index is 752. The molecule has 1 aromatic heterocycles. The maximum Gasteiger partial charge on any atom is 0.323 e. The first-order chi connectivity index (χ1) is 8.67. The third-order valence-electron chi connectivity index (χ3n) is 2.52. The van der Waals surface area contributed by atoms with Gasteiger partial charge in [0.2, 0.25) is 10.0 Å². The molecule has 7 nitrogen and oxygen atoms in total. The van der Waals surface area contributed by atoms with Crippen molar-refractivity contribution in [2.24, 2.45) is 5.73 Å². The van der Waals surface area contributed by atoms with Crippen LogP contribution in [0.3, 0.4) is 0 Å². The summed E-state index contributed by atoms with van der Waals surface area (Å²) in [6.45, 7) is 3.57. The van der Waals surface area contributed by atoms with Crippen LogP contribution in [0.15, 0.2) is 27.9 Å². The lowest BCUT2D eigenvalue weighted by Crippen LogP contribution is -2.45. The highest BCUT2D eigenvalue weighted by Crippen LogP contribution is 2.15. The van der Waals surface area contributed by atoms with Crippen LogP contribution in [-0.4, -0.2) is 30.5 Å². The van der Waals surface area contributed by atoms with E-state index in [4.69, 9.17) is 5.73 Å². The summed E-state index contributed by atoms with van der Waals surface area (Å²) in [7, 11) is -3.64. The van der Waals surface area contributed by atoms with Crippen LogP contribution in [0.5, 0.6) is 0 Å². The fourth-order valence-electron chi connectivity index (χ4n) is 1.54. The number of rotatable bonds is 4. The predicted molar refractivity (Wildman–Crippen MR) is 72.4 cm³/mol. The fraction of sp³-hybridized carbons (Fsp3) is 0.364. The first-order valence-electron chi connectivity index (χ1n) is 5.68. The summed E-state index contributed by atoms with van der Waals surface area (Å²) in [5.41, 5.74) is 5.72. The highest BCUT2D eigenvalue weighted by Gasteiger charge is 2.19. The van der Waals surface area contributed by atoms with Crippen LogP contribution in [-0.2, 0) is 10.0 Å². The summed E-state index contributed by atoms with van der Waals surface area (Å²) >= 11 is 0. The number of hydrogen-bond donors (Lipinski definition) is 4. The minimum atomic E-state index is -3.64. The predicted octanol–water partition coefficient (Wildman–Crippen LogP) is -0.128. The Labute approximate surface area is 110 Å². The average molecular weight is 284 g/mol. The van der Waals surface area contributed by atoms with E-state index in [0.717, 1.165) is 0 Å². The van der Waals surface area contributed by atoms with Gasteiger partial charge in [-0.25, -0.2) is 17.9 Å². The molecule has 104 valence electrons. The van der Waals surface area contributed by atoms with Crippen molar-refractivity contribution in [1.29, 1.82) is 0 Å². The normalized spacial score (nSPS) is 13.0. The van der Waals surface area contributed by atoms with E-state index in [1.165, 1.54) is 18.2 Å². The largest absolute Gasteiger partial charge is 0.324 e. The minimum Gasteiger partial charge on any atom is -0.324 e. The molecule has 1 heterocycles. The van der Waals surface area contributed by atoms with Crippen molar-refractivity contribution in [2.75, 3.05) is 6.54 Å². The number of H-pyrrole nitrogens is 2. The van der Waals surface area contributed by atoms with Crippen LogP contribution in [0.2, 0.25) is 0 Å². The zero-order valence-electron chi connectivity index (χ0n) is 10.6. The Morgan fingerprint density at radius 1 is 1.26 bits per heavy atom. The molecule has 2 aromatic rings. The fourth-order valence-corrected chi connectivity index (χ4v) is 2.79. The molecule has 0 fully saturated rings. The van der Waals surface area contributed by atoms with E-state index in [2.05, 4.69) is 14.7 Å². The number of benzene rings is 1. The van der Waals surface area contributed by atoms with Crippen molar-refractivity contribution in [3.05, 3.63) is 28.7 Å². The molecular formula is C11H16N4O3S. The molecule has 0 aliphatic heterocycles. The van der Waals surface area contributed by atoms with Crippen molar-refractivity contribution in [3.63, 3.8) is 0 Å². The molecular weight excluding hydrogens is 268 g/mol. The molecule has 0 radical (unpaired) electrons. The van der Waals surface area contributed by atoms with Crippen LogP contribution < -0.4 is 16.1 Å². The van der Waals surface area contributed by atoms with Gasteiger partial charge in [0, 0.05) is 12.1 Å². The summed E-state index contributed by atoms with van der Waals surface area (Å²) in [5, 5.41) is 0. The van der Waals surface area contributed by atoms with Gasteiger partial charge in [0.15, 0.2) is 0 Å². The van der Waals surface area contributed by atoms with Crippen LogP contribution in [0.1, 0.15) is 13.8 Å². The van der Waals surface area contributed by atoms with E-state index < -0.39 is 15.6 Å². The topological polar surface area (TPSA) is 121 Å². The van der Waals surface area contributed by atoms with Gasteiger partial charge in [-0.15, -0.1) is 0 Å². The molecule has 0 saturated heterocycles. The number of sulfonamides is 1. The lowest BCUT2D eigenvalue weighted by molar-refractivity contribution is 0.498. The average Bonchev–Trinajstić information content (AvgIpc) is 2.64. The number of imidazole rings is 1. The summed E-state index contributed by atoms with van der Waals surface area (Å²) in [4.78, 5) is 16.3. The van der Waals surface area contributed by atoms with Gasteiger partial charge in [0.1, 0.15) is 0 Å². The molecule has 0 aliphatic rings. The molecule has 0 bridgehead atoms. The quantitative estimate of drug-likeness (QED) is 0.625. The number of fused-ring (bicyclic) bond motifs is 1. The Balaban J connectivity index is 2.34. The standard InChI is InChI=1S/C11H16N4O3S/c1-11(2,12)6-13-19(17,18)7-3-4-8-9(5-7)15-10(16)14-8/h3-5,13H,6,12H2,1-2H3,(H2,14,15,16). The van der Waals surface area contributed by atoms with Gasteiger partial charge < -0.3 is 15.7 Å². The maximum absolute atomic E-state index is 12.1. The van der Waals surface area contributed by atoms with Crippen molar-refractivity contribution in [3.8, 4) is 0 Å². The summed E-state index contributed by atoms with van der Waals surface area (Å²) < 4.78 is 26.6. The SMILES string of the molecule is CC(C)(N)CNS(=O)(=O)c1ccc2[nH]c(=O)[nH]c2c1. The number of aromatic nitrogens is 2. The van der Waals surface area contributed by atoms with E-state index >= 15 is 0 Å². The van der Waals surface area contributed by atoms with Crippen molar-refractivity contribution >= 4 is 21.1 Å². The van der Waals surface area contributed by atoms with Gasteiger partial charge in [0.25, 0.3) is 0 Å². The lowest BCUT2D eigenvalue weighted by atomic mass is 10.1. The second kappa shape index (κ2) is 4.48. The molecule has 2 rings (SSSR count). The Hall–Kier alpha value is -1.64. The summed E-state index contributed by atoms with van der Waals surface area (Å²) in [6.07, 6.45) is 0. The Kier molecular flexibility index (Phi) is 3.25. The zero-order valence-corrected chi connectivity index (χ0v) is 11.5. The Morgan fingerprint density at radius 3 is 2.53 bits per heavy atom. The van der Waals surface area contributed by atoms with Crippen molar-refractivity contribution in [2.45, 2.75) is 24.3 Å². The zero-order chi connectivity index (χ0) is 14.3. The van der Waals surface area contributed by atoms with Crippen molar-refractivity contribution < 1.29 is 8.42 Å². The molecule has 0 amide bonds. The molecule has 0 spiro atoms. The van der Waals surface area contributed by atoms with Crippen LogP contribution >= 0.6 is 0 Å². The number of nitrogens with two attached hydrogens (primary N) is 1. The lowest BCUT2D eigenvalue weighted by Gasteiger charge is -2.18. The third-order valence-corrected chi connectivity index (χ3v) is 3.91. The van der Waals surface area contributed by atoms with Gasteiger partial charge in [-0.05, 0) is 32.0 Å². The molecule has 8 heteroatoms. The maximum atomic E-state index is 12.1. The first kappa shape index (κ1) is 13.8.